The van der Waals surface area contributed by atoms with Crippen LogP contribution in [0.5, 0.6) is 0 Å². The van der Waals surface area contributed by atoms with Crippen molar-refractivity contribution in [1.82, 2.24) is 9.97 Å². The van der Waals surface area contributed by atoms with Crippen LogP contribution in [0.3, 0.4) is 0 Å². The molecule has 0 radical (unpaired) electrons. The average Bonchev–Trinajstić information content (AvgIpc) is 2.70. The first-order chi connectivity index (χ1) is 13.1. The van der Waals surface area contributed by atoms with E-state index in [1.54, 1.807) is 30.3 Å². The normalized spacial score (nSPS) is 10.1. The van der Waals surface area contributed by atoms with Gasteiger partial charge in [-0.3, -0.25) is 4.79 Å². The summed E-state index contributed by atoms with van der Waals surface area (Å²) in [7, 11) is 1.31. The zero-order valence-electron chi connectivity index (χ0n) is 14.3. The number of rotatable bonds is 5. The van der Waals surface area contributed by atoms with E-state index in [4.69, 9.17) is 0 Å². The van der Waals surface area contributed by atoms with E-state index >= 15 is 0 Å². The van der Waals surface area contributed by atoms with Crippen LogP contribution in [0, 0.1) is 5.82 Å². The van der Waals surface area contributed by atoms with Crippen molar-refractivity contribution in [1.29, 1.82) is 0 Å². The molecule has 3 rings (SSSR count). The number of hydrogen-bond acceptors (Lipinski definition) is 6. The minimum Gasteiger partial charge on any atom is -0.465 e. The summed E-state index contributed by atoms with van der Waals surface area (Å²) < 4.78 is 18.2. The molecule has 0 spiro atoms. The number of nitrogens with one attached hydrogen (secondary N) is 2. The summed E-state index contributed by atoms with van der Waals surface area (Å²) in [5.41, 5.74) is 1.34. The molecule has 1 aromatic heterocycles. The standard InChI is InChI=1S/C19H15FN4O3/c1-27-18(26)12-6-8-14(9-7-12)23-19-21-10-13(11-22-19)17(25)24-16-5-3-2-4-15(16)20/h2-11H,1H3,(H,24,25)(H,21,22,23). The minimum absolute atomic E-state index is 0.0791. The summed E-state index contributed by atoms with van der Waals surface area (Å²) in [6, 6.07) is 12.4. The molecule has 7 nitrogen and oxygen atoms in total. The monoisotopic (exact) mass is 366 g/mol. The zero-order chi connectivity index (χ0) is 19.2. The number of nitrogens with zero attached hydrogens (tertiary/aromatic N) is 2. The molecular formula is C19H15FN4O3. The Kier molecular flexibility index (Phi) is 5.36. The van der Waals surface area contributed by atoms with Gasteiger partial charge in [0.25, 0.3) is 5.91 Å². The van der Waals surface area contributed by atoms with E-state index in [0.717, 1.165) is 0 Å². The van der Waals surface area contributed by atoms with E-state index in [1.807, 2.05) is 0 Å². The van der Waals surface area contributed by atoms with Crippen LogP contribution in [0.1, 0.15) is 20.7 Å². The molecule has 0 unspecified atom stereocenters. The molecule has 0 saturated carbocycles. The summed E-state index contributed by atoms with van der Waals surface area (Å²) in [6.45, 7) is 0. The molecule has 0 bridgehead atoms. The van der Waals surface area contributed by atoms with Crippen molar-refractivity contribution >= 4 is 29.2 Å². The number of carbonyl (C=O) groups is 2. The van der Waals surface area contributed by atoms with Crippen LogP contribution < -0.4 is 10.6 Å². The number of carbonyl (C=O) groups excluding carboxylic acids is 2. The van der Waals surface area contributed by atoms with Crippen LogP contribution in [0.25, 0.3) is 0 Å². The molecule has 1 heterocycles. The second-order valence-corrected chi connectivity index (χ2v) is 5.42. The van der Waals surface area contributed by atoms with Crippen molar-refractivity contribution in [3.8, 4) is 0 Å². The summed E-state index contributed by atoms with van der Waals surface area (Å²) in [5, 5.41) is 5.41. The first-order valence-electron chi connectivity index (χ1n) is 7.90. The Morgan fingerprint density at radius 1 is 0.963 bits per heavy atom. The maximum Gasteiger partial charge on any atom is 0.337 e. The van der Waals surface area contributed by atoms with Crippen molar-refractivity contribution in [3.63, 3.8) is 0 Å². The van der Waals surface area contributed by atoms with E-state index in [9.17, 15) is 14.0 Å². The third kappa shape index (κ3) is 4.43. The van der Waals surface area contributed by atoms with E-state index in [0.29, 0.717) is 11.3 Å². The van der Waals surface area contributed by atoms with Gasteiger partial charge >= 0.3 is 5.97 Å². The second kappa shape index (κ2) is 8.05. The Morgan fingerprint density at radius 3 is 2.26 bits per heavy atom. The van der Waals surface area contributed by atoms with Gasteiger partial charge in [-0.15, -0.1) is 0 Å². The molecule has 0 saturated heterocycles. The molecule has 27 heavy (non-hydrogen) atoms. The zero-order valence-corrected chi connectivity index (χ0v) is 14.3. The van der Waals surface area contributed by atoms with E-state index < -0.39 is 17.7 Å². The Balaban J connectivity index is 1.65. The lowest BCUT2D eigenvalue weighted by Gasteiger charge is -2.08. The predicted octanol–water partition coefficient (Wildman–Crippen LogP) is 3.40. The van der Waals surface area contributed by atoms with Crippen molar-refractivity contribution in [2.45, 2.75) is 0 Å². The quantitative estimate of drug-likeness (QED) is 0.672. The molecular weight excluding hydrogens is 351 g/mol. The van der Waals surface area contributed by atoms with Crippen LogP contribution in [0.15, 0.2) is 60.9 Å². The van der Waals surface area contributed by atoms with E-state index in [1.165, 1.54) is 37.7 Å². The van der Waals surface area contributed by atoms with Crippen molar-refractivity contribution in [2.75, 3.05) is 17.7 Å². The van der Waals surface area contributed by atoms with Crippen molar-refractivity contribution in [3.05, 3.63) is 77.9 Å². The summed E-state index contributed by atoms with van der Waals surface area (Å²) >= 11 is 0. The molecule has 0 atom stereocenters. The second-order valence-electron chi connectivity index (χ2n) is 5.42. The van der Waals surface area contributed by atoms with Gasteiger partial charge in [-0.25, -0.2) is 19.2 Å². The molecule has 8 heteroatoms. The van der Waals surface area contributed by atoms with Crippen LogP contribution >= 0.6 is 0 Å². The molecule has 0 aliphatic heterocycles. The van der Waals surface area contributed by atoms with Crippen LogP contribution in [-0.4, -0.2) is 29.0 Å². The summed E-state index contributed by atoms with van der Waals surface area (Å²) in [6.07, 6.45) is 2.66. The summed E-state index contributed by atoms with van der Waals surface area (Å²) in [4.78, 5) is 31.7. The minimum atomic E-state index is -0.527. The Bertz CT molecular complexity index is 959. The van der Waals surface area contributed by atoms with Gasteiger partial charge in [0.05, 0.1) is 23.9 Å². The molecule has 2 N–H and O–H groups in total. The SMILES string of the molecule is COC(=O)c1ccc(Nc2ncc(C(=O)Nc3ccccc3F)cn2)cc1. The van der Waals surface area contributed by atoms with Gasteiger partial charge in [-0.1, -0.05) is 12.1 Å². The number of benzene rings is 2. The van der Waals surface area contributed by atoms with Crippen molar-refractivity contribution < 1.29 is 18.7 Å². The van der Waals surface area contributed by atoms with Gasteiger partial charge in [0.15, 0.2) is 0 Å². The van der Waals surface area contributed by atoms with Gasteiger partial charge in [-0.2, -0.15) is 0 Å². The topological polar surface area (TPSA) is 93.2 Å². The van der Waals surface area contributed by atoms with Gasteiger partial charge < -0.3 is 15.4 Å². The van der Waals surface area contributed by atoms with Crippen LogP contribution in [-0.2, 0) is 4.74 Å². The highest BCUT2D eigenvalue weighted by molar-refractivity contribution is 6.04. The third-order valence-electron chi connectivity index (χ3n) is 3.60. The number of para-hydroxylation sites is 1. The third-order valence-corrected chi connectivity index (χ3v) is 3.60. The molecule has 1 amide bonds. The lowest BCUT2D eigenvalue weighted by atomic mass is 10.2. The predicted molar refractivity (Wildman–Crippen MR) is 97.4 cm³/mol. The molecule has 0 fully saturated rings. The van der Waals surface area contributed by atoms with Crippen LogP contribution in [0.2, 0.25) is 0 Å². The summed E-state index contributed by atoms with van der Waals surface area (Å²) in [5.74, 6) is -1.21. The first-order valence-corrected chi connectivity index (χ1v) is 7.90. The van der Waals surface area contributed by atoms with Gasteiger partial charge in [0.1, 0.15) is 5.82 Å². The molecule has 0 aliphatic rings. The Morgan fingerprint density at radius 2 is 1.63 bits per heavy atom. The smallest absolute Gasteiger partial charge is 0.337 e. The van der Waals surface area contributed by atoms with Gasteiger partial charge in [-0.05, 0) is 36.4 Å². The fourth-order valence-electron chi connectivity index (χ4n) is 2.20. The molecule has 2 aromatic carbocycles. The van der Waals surface area contributed by atoms with Crippen molar-refractivity contribution in [2.24, 2.45) is 0 Å². The Hall–Kier alpha value is -3.81. The number of halogens is 1. The lowest BCUT2D eigenvalue weighted by molar-refractivity contribution is 0.0600. The number of hydrogen-bond donors (Lipinski definition) is 2. The number of methoxy groups -OCH3 is 1. The maximum atomic E-state index is 13.6. The number of anilines is 3. The first kappa shape index (κ1) is 18.0. The lowest BCUT2D eigenvalue weighted by Crippen LogP contribution is -2.14. The fraction of sp³-hybridized carbons (Fsp3) is 0.0526. The molecule has 136 valence electrons. The molecule has 3 aromatic rings. The van der Waals surface area contributed by atoms with Gasteiger partial charge in [0, 0.05) is 18.1 Å². The number of amides is 1. The number of ether oxygens (including phenoxy) is 1. The number of aromatic nitrogens is 2. The van der Waals surface area contributed by atoms with Gasteiger partial charge in [0.2, 0.25) is 5.95 Å². The molecule has 0 aliphatic carbocycles. The van der Waals surface area contributed by atoms with E-state index in [2.05, 4.69) is 25.3 Å². The Labute approximate surface area is 154 Å². The highest BCUT2D eigenvalue weighted by atomic mass is 19.1. The average molecular weight is 366 g/mol. The largest absolute Gasteiger partial charge is 0.465 e. The highest BCUT2D eigenvalue weighted by Gasteiger charge is 2.10. The van der Waals surface area contributed by atoms with Crippen LogP contribution in [0.4, 0.5) is 21.7 Å². The van der Waals surface area contributed by atoms with E-state index in [-0.39, 0.29) is 17.2 Å². The number of esters is 1. The fourth-order valence-corrected chi connectivity index (χ4v) is 2.20. The highest BCUT2D eigenvalue weighted by Crippen LogP contribution is 2.16. The maximum absolute atomic E-state index is 13.6.